The number of hydrogen-bond donors (Lipinski definition) is 4. The van der Waals surface area contributed by atoms with Crippen LogP contribution in [-0.4, -0.2) is 79.9 Å². The summed E-state index contributed by atoms with van der Waals surface area (Å²) >= 11 is 0. The molecule has 0 bridgehead atoms. The maximum atomic E-state index is 13.6. The van der Waals surface area contributed by atoms with E-state index in [1.165, 1.54) is 42.5 Å². The van der Waals surface area contributed by atoms with E-state index in [-0.39, 0.29) is 116 Å². The van der Waals surface area contributed by atoms with Gasteiger partial charge in [0.15, 0.2) is 5.71 Å². The number of fused-ring (bicyclic) bond motifs is 2. The molecule has 0 amide bonds. The Balaban J connectivity index is 0.00000308. The summed E-state index contributed by atoms with van der Waals surface area (Å²) < 4.78 is 103. The van der Waals surface area contributed by atoms with Gasteiger partial charge in [0.05, 0.1) is 32.6 Å². The molecule has 0 atom stereocenters. The Kier molecular flexibility index (Phi) is 17.5. The standard InChI is InChI=1S/C38H26N8O13S3.3Na/c39-30-14-13-28-29(35(30)43-42-31-15-10-25(46(49)50)18-33(31)61(54,55)56)19-34(62(57,58)59)37(38(28)48)45-41-24-8-3-21(4-9-24)20-1-6-23(7-2-20)40-44-36-27-12-11-26(60(51,52)53)17-22(27)5-16-32(36)47;;;/h1-19,49-50H,(H5-,39,42,48,51,52,53,54,55,56,57,58,59);;;/q;3*+1/p-2. The Bertz CT molecular complexity index is 3180. The molecule has 0 aliphatic heterocycles. The van der Waals surface area contributed by atoms with Crippen LogP contribution in [0.3, 0.4) is 0 Å². The van der Waals surface area contributed by atoms with Crippen LogP contribution in [0.5, 0.6) is 0 Å². The summed E-state index contributed by atoms with van der Waals surface area (Å²) in [6, 6.07) is 8.51. The largest absolute Gasteiger partial charge is 1.00 e. The van der Waals surface area contributed by atoms with E-state index in [0.717, 1.165) is 30.3 Å². The minimum atomic E-state index is -5.44. The summed E-state index contributed by atoms with van der Waals surface area (Å²) in [5.41, 5.74) is 7.33. The van der Waals surface area contributed by atoms with Crippen molar-refractivity contribution in [1.82, 2.24) is 0 Å². The van der Waals surface area contributed by atoms with Gasteiger partial charge in [-0.2, -0.15) is 24.4 Å². The molecule has 0 unspecified atom stereocenters. The van der Waals surface area contributed by atoms with Gasteiger partial charge < -0.3 is 14.8 Å². The molecule has 0 aromatic heterocycles. The zero-order valence-electron chi connectivity index (χ0n) is 33.8. The first kappa shape index (κ1) is 53.5. The number of azo groups is 1. The number of nitrogens with zero attached hydrogens (tertiary/aromatic N) is 7. The number of nitrogens with one attached hydrogen (secondary N) is 1. The Labute approximate surface area is 436 Å². The van der Waals surface area contributed by atoms with Crippen molar-refractivity contribution in [3.05, 3.63) is 147 Å². The van der Waals surface area contributed by atoms with Gasteiger partial charge in [0.1, 0.15) is 31.6 Å². The predicted octanol–water partition coefficient (Wildman–Crippen LogP) is -3.04. The van der Waals surface area contributed by atoms with Crippen molar-refractivity contribution >= 4 is 100 Å². The van der Waals surface area contributed by atoms with E-state index in [4.69, 9.17) is 5.73 Å². The van der Waals surface area contributed by atoms with E-state index < -0.39 is 85.8 Å². The van der Waals surface area contributed by atoms with Crippen LogP contribution in [0.4, 0.5) is 22.7 Å². The van der Waals surface area contributed by atoms with Gasteiger partial charge in [-0.15, -0.1) is 26.2 Å². The molecule has 5 N–H and O–H groups in total. The quantitative estimate of drug-likeness (QED) is 0.0574. The Morgan fingerprint density at radius 2 is 1.22 bits per heavy atom. The predicted molar refractivity (Wildman–Crippen MR) is 222 cm³/mol. The van der Waals surface area contributed by atoms with Crippen molar-refractivity contribution in [3.8, 4) is 0 Å². The molecule has 0 radical (unpaired) electrons. The van der Waals surface area contributed by atoms with E-state index in [9.17, 15) is 59.3 Å². The van der Waals surface area contributed by atoms with E-state index in [1.807, 2.05) is 0 Å². The maximum Gasteiger partial charge on any atom is 1.00 e. The summed E-state index contributed by atoms with van der Waals surface area (Å²) in [6.07, 6.45) is 16.3. The molecule has 3 aromatic rings. The van der Waals surface area contributed by atoms with Crippen molar-refractivity contribution in [2.75, 3.05) is 5.23 Å². The molecule has 314 valence electrons. The molecule has 3 aromatic carbocycles. The third-order valence-corrected chi connectivity index (χ3v) is 11.6. The molecule has 21 nitrogen and oxygen atoms in total. The smallest absolute Gasteiger partial charge is 0.744 e. The first-order valence-corrected chi connectivity index (χ1v) is 21.4. The SMILES string of the molecule is [NH-]c1ccc2c(c1N=Nc1ccc(N(O)O)cc1S(=O)(=O)[O-])C=C(S(=O)(=O)[O-])C(=NN=C1C=CC(=C3C=CC(=NN=C4C(=O)C=Cc5cc([S+](=O)(O)O)ccc54)C=C3)C=C1)C2=O.[Na+].[Na+].[Na+]. The minimum Gasteiger partial charge on any atom is -0.744 e. The van der Waals surface area contributed by atoms with E-state index >= 15 is 0 Å². The molecule has 7 rings (SSSR count). The number of rotatable bonds is 8. The van der Waals surface area contributed by atoms with Crippen LogP contribution in [0, 0.1) is 0 Å². The van der Waals surface area contributed by atoms with Crippen LogP contribution in [0.1, 0.15) is 27.0 Å². The van der Waals surface area contributed by atoms with Gasteiger partial charge in [-0.25, -0.2) is 16.8 Å². The van der Waals surface area contributed by atoms with Gasteiger partial charge in [-0.3, -0.25) is 20.0 Å². The van der Waals surface area contributed by atoms with Crippen molar-refractivity contribution < 1.29 is 148 Å². The van der Waals surface area contributed by atoms with Gasteiger partial charge >= 0.3 is 99.2 Å². The fourth-order valence-corrected chi connectivity index (χ4v) is 7.78. The zero-order valence-corrected chi connectivity index (χ0v) is 42.2. The number of carbonyl (C=O) groups excluding carboxylic acids is 2. The number of allylic oxidation sites excluding steroid dienone is 12. The molecule has 0 fully saturated rings. The van der Waals surface area contributed by atoms with E-state index in [0.29, 0.717) is 34.1 Å². The Hall–Kier alpha value is -4.13. The van der Waals surface area contributed by atoms with Gasteiger partial charge in [-0.05, 0) is 81.6 Å². The first-order valence-electron chi connectivity index (χ1n) is 17.1. The number of Topliss-reactive ketones (excluding diaryl/α,β-unsaturated/α-hetero) is 1. The van der Waals surface area contributed by atoms with Gasteiger partial charge in [-0.1, -0.05) is 42.5 Å². The van der Waals surface area contributed by atoms with Crippen LogP contribution < -0.4 is 93.9 Å². The van der Waals surface area contributed by atoms with Crippen molar-refractivity contribution in [1.29, 1.82) is 0 Å². The number of carbonyl (C=O) groups is 2. The first-order chi connectivity index (χ1) is 29.2. The molecule has 0 saturated heterocycles. The Morgan fingerprint density at radius 1 is 0.646 bits per heavy atom. The number of anilines is 1. The molecular formula is C38H24N8Na3O13S3+. The summed E-state index contributed by atoms with van der Waals surface area (Å²) in [5.74, 6) is -1.54. The fraction of sp³-hybridized carbons (Fsp3) is 0. The number of hydrogen-bond acceptors (Lipinski definition) is 18. The third-order valence-electron chi connectivity index (χ3n) is 8.99. The molecule has 4 aliphatic rings. The summed E-state index contributed by atoms with van der Waals surface area (Å²) in [4.78, 5) is 23.8. The average Bonchev–Trinajstić information content (AvgIpc) is 3.21. The van der Waals surface area contributed by atoms with Crippen molar-refractivity contribution in [3.63, 3.8) is 0 Å². The van der Waals surface area contributed by atoms with E-state index in [1.54, 1.807) is 36.5 Å². The van der Waals surface area contributed by atoms with Crippen LogP contribution >= 0.6 is 0 Å². The van der Waals surface area contributed by atoms with Crippen molar-refractivity contribution in [2.45, 2.75) is 9.79 Å². The molecule has 65 heavy (non-hydrogen) atoms. The summed E-state index contributed by atoms with van der Waals surface area (Å²) in [5, 5.41) is 41.5. The number of benzene rings is 3. The average molecular weight is 966 g/mol. The molecule has 0 saturated carbocycles. The molecule has 27 heteroatoms. The zero-order chi connectivity index (χ0) is 44.7. The normalized spacial score (nSPS) is 16.8. The Morgan fingerprint density at radius 3 is 1.75 bits per heavy atom. The van der Waals surface area contributed by atoms with Crippen LogP contribution in [-0.2, 0) is 39.7 Å². The molecule has 0 spiro atoms. The maximum absolute atomic E-state index is 13.6. The summed E-state index contributed by atoms with van der Waals surface area (Å²) in [7, 11) is -14.9. The topological polar surface area (TPSA) is 348 Å². The van der Waals surface area contributed by atoms with Crippen LogP contribution in [0.25, 0.3) is 17.9 Å². The summed E-state index contributed by atoms with van der Waals surface area (Å²) in [6.45, 7) is 0. The van der Waals surface area contributed by atoms with Crippen LogP contribution in [0.2, 0.25) is 0 Å². The monoisotopic (exact) mass is 965 g/mol. The minimum absolute atomic E-state index is 0. The van der Waals surface area contributed by atoms with E-state index in [2.05, 4.69) is 30.6 Å². The second-order valence-corrected chi connectivity index (χ2v) is 17.1. The third kappa shape index (κ3) is 12.1. The second kappa shape index (κ2) is 21.2. The van der Waals surface area contributed by atoms with Crippen molar-refractivity contribution in [2.24, 2.45) is 30.6 Å². The fourth-order valence-electron chi connectivity index (χ4n) is 5.99. The number of ketones is 2. The second-order valence-electron chi connectivity index (χ2n) is 12.9. The van der Waals surface area contributed by atoms with Gasteiger partial charge in [0.25, 0.3) is 0 Å². The van der Waals surface area contributed by atoms with Gasteiger partial charge in [0.2, 0.25) is 16.5 Å². The van der Waals surface area contributed by atoms with Crippen LogP contribution in [0.15, 0.2) is 160 Å². The van der Waals surface area contributed by atoms with Gasteiger partial charge in [0, 0.05) is 28.8 Å². The molecule has 0 heterocycles. The molecular weight excluding hydrogens is 942 g/mol. The molecule has 4 aliphatic carbocycles.